The van der Waals surface area contributed by atoms with Gasteiger partial charge in [0.1, 0.15) is 10.8 Å². The van der Waals surface area contributed by atoms with Crippen LogP contribution in [0.25, 0.3) is 0 Å². The van der Waals surface area contributed by atoms with Crippen molar-refractivity contribution in [1.82, 2.24) is 4.90 Å². The van der Waals surface area contributed by atoms with E-state index < -0.39 is 0 Å². The first-order valence-electron chi connectivity index (χ1n) is 10.6. The lowest BCUT2D eigenvalue weighted by Crippen LogP contribution is -2.34. The largest absolute Gasteiger partial charge is 0.494 e. The predicted molar refractivity (Wildman–Crippen MR) is 121 cm³/mol. The van der Waals surface area contributed by atoms with Gasteiger partial charge in [-0.15, -0.1) is 11.3 Å². The maximum atomic E-state index is 12.7. The molecule has 2 aromatic heterocycles. The number of hydrogen-bond acceptors (Lipinski definition) is 5. The van der Waals surface area contributed by atoms with Crippen LogP contribution in [-0.4, -0.2) is 30.5 Å². The molecule has 1 N–H and O–H groups in total. The van der Waals surface area contributed by atoms with Crippen LogP contribution in [0.4, 0.5) is 5.00 Å². The number of piperidine rings is 1. The van der Waals surface area contributed by atoms with E-state index in [2.05, 4.69) is 35.3 Å². The number of carbonyl (C=O) groups is 1. The van der Waals surface area contributed by atoms with Crippen molar-refractivity contribution in [3.8, 4) is 5.75 Å². The lowest BCUT2D eigenvalue weighted by atomic mass is 9.96. The van der Waals surface area contributed by atoms with Crippen LogP contribution in [0, 0.1) is 6.92 Å². The highest BCUT2D eigenvalue weighted by atomic mass is 32.1. The molecule has 3 heterocycles. The fourth-order valence-corrected chi connectivity index (χ4v) is 5.02. The van der Waals surface area contributed by atoms with Crippen molar-refractivity contribution in [3.63, 3.8) is 0 Å². The third-order valence-corrected chi connectivity index (χ3v) is 6.39. The van der Waals surface area contributed by atoms with Crippen LogP contribution >= 0.6 is 11.3 Å². The Kier molecular flexibility index (Phi) is 6.55. The van der Waals surface area contributed by atoms with E-state index in [0.29, 0.717) is 12.4 Å². The molecule has 0 bridgehead atoms. The average Bonchev–Trinajstić information content (AvgIpc) is 3.41. The highest BCUT2D eigenvalue weighted by Gasteiger charge is 2.28. The smallest absolute Gasteiger partial charge is 0.291 e. The number of carbonyl (C=O) groups excluding carboxylic acids is 1. The van der Waals surface area contributed by atoms with Gasteiger partial charge in [-0.1, -0.05) is 18.6 Å². The minimum Gasteiger partial charge on any atom is -0.494 e. The topological polar surface area (TPSA) is 54.7 Å². The van der Waals surface area contributed by atoms with E-state index in [-0.39, 0.29) is 11.9 Å². The van der Waals surface area contributed by atoms with Gasteiger partial charge in [-0.3, -0.25) is 9.69 Å². The lowest BCUT2D eigenvalue weighted by Gasteiger charge is -2.35. The molecule has 5 nitrogen and oxygen atoms in total. The summed E-state index contributed by atoms with van der Waals surface area (Å²) in [6.07, 6.45) is 5.19. The summed E-state index contributed by atoms with van der Waals surface area (Å²) < 4.78 is 10.9. The number of aryl methyl sites for hydroxylation is 1. The third kappa shape index (κ3) is 4.60. The number of furan rings is 1. The Morgan fingerprint density at radius 2 is 1.97 bits per heavy atom. The van der Waals surface area contributed by atoms with Crippen molar-refractivity contribution in [2.45, 2.75) is 39.2 Å². The second-order valence-corrected chi connectivity index (χ2v) is 8.83. The van der Waals surface area contributed by atoms with Gasteiger partial charge in [-0.05, 0) is 75.7 Å². The van der Waals surface area contributed by atoms with E-state index in [9.17, 15) is 4.79 Å². The number of hydrogen-bond donors (Lipinski definition) is 1. The van der Waals surface area contributed by atoms with Crippen molar-refractivity contribution in [1.29, 1.82) is 0 Å². The monoisotopic (exact) mass is 424 g/mol. The standard InChI is InChI=1S/C24H28N2O3S/c1-3-28-19-11-9-18(10-12-19)22(26-13-5-4-6-14-26)20-16-17(2)30-24(20)25-23(27)21-8-7-15-29-21/h7-12,15-16,22H,3-6,13-14H2,1-2H3,(H,25,27). The number of thiophene rings is 1. The summed E-state index contributed by atoms with van der Waals surface area (Å²) in [5.41, 5.74) is 2.36. The zero-order valence-corrected chi connectivity index (χ0v) is 18.3. The molecule has 1 aliphatic rings. The average molecular weight is 425 g/mol. The van der Waals surface area contributed by atoms with Gasteiger partial charge in [0.25, 0.3) is 5.91 Å². The molecular formula is C24H28N2O3S. The van der Waals surface area contributed by atoms with Gasteiger partial charge in [0.05, 0.1) is 18.9 Å². The fourth-order valence-electron chi connectivity index (χ4n) is 4.08. The number of amides is 1. The predicted octanol–water partition coefficient (Wildman–Crippen LogP) is 5.88. The van der Waals surface area contributed by atoms with Crippen molar-refractivity contribution >= 4 is 22.2 Å². The summed E-state index contributed by atoms with van der Waals surface area (Å²) >= 11 is 1.61. The van der Waals surface area contributed by atoms with Crippen LogP contribution in [0.1, 0.15) is 58.8 Å². The summed E-state index contributed by atoms with van der Waals surface area (Å²) in [6.45, 7) is 6.84. The number of nitrogens with one attached hydrogen (secondary N) is 1. The van der Waals surface area contributed by atoms with Gasteiger partial charge >= 0.3 is 0 Å². The molecule has 0 aliphatic carbocycles. The molecule has 0 radical (unpaired) electrons. The zero-order chi connectivity index (χ0) is 20.9. The molecule has 1 aliphatic heterocycles. The maximum absolute atomic E-state index is 12.7. The lowest BCUT2D eigenvalue weighted by molar-refractivity contribution is 0.0996. The molecule has 0 spiro atoms. The van der Waals surface area contributed by atoms with Gasteiger partial charge in [0.15, 0.2) is 5.76 Å². The van der Waals surface area contributed by atoms with Crippen LogP contribution in [0.15, 0.2) is 53.1 Å². The quantitative estimate of drug-likeness (QED) is 0.515. The number of anilines is 1. The van der Waals surface area contributed by atoms with Crippen molar-refractivity contribution in [2.24, 2.45) is 0 Å². The van der Waals surface area contributed by atoms with E-state index >= 15 is 0 Å². The first-order valence-corrected chi connectivity index (χ1v) is 11.4. The molecule has 1 saturated heterocycles. The van der Waals surface area contributed by atoms with E-state index in [1.54, 1.807) is 23.5 Å². The summed E-state index contributed by atoms with van der Waals surface area (Å²) in [4.78, 5) is 16.4. The normalized spacial score (nSPS) is 15.7. The van der Waals surface area contributed by atoms with Gasteiger partial charge < -0.3 is 14.5 Å². The molecule has 30 heavy (non-hydrogen) atoms. The first-order chi connectivity index (χ1) is 14.7. The molecule has 4 rings (SSSR count). The van der Waals surface area contributed by atoms with Crippen molar-refractivity contribution in [2.75, 3.05) is 25.0 Å². The second-order valence-electron chi connectivity index (χ2n) is 7.57. The highest BCUT2D eigenvalue weighted by Crippen LogP contribution is 2.40. The Labute approximate surface area is 181 Å². The summed E-state index contributed by atoms with van der Waals surface area (Å²) in [5, 5.41) is 3.98. The number of nitrogens with zero attached hydrogens (tertiary/aromatic N) is 1. The van der Waals surface area contributed by atoms with Crippen molar-refractivity contribution < 1.29 is 13.9 Å². The fraction of sp³-hybridized carbons (Fsp3) is 0.375. The highest BCUT2D eigenvalue weighted by molar-refractivity contribution is 7.16. The maximum Gasteiger partial charge on any atom is 0.291 e. The molecule has 6 heteroatoms. The van der Waals surface area contributed by atoms with Gasteiger partial charge in [-0.25, -0.2) is 0 Å². The van der Waals surface area contributed by atoms with Crippen LogP contribution in [0.5, 0.6) is 5.75 Å². The van der Waals surface area contributed by atoms with Crippen LogP contribution in [0.3, 0.4) is 0 Å². The molecule has 1 unspecified atom stereocenters. The number of rotatable bonds is 7. The minimum absolute atomic E-state index is 0.0952. The number of benzene rings is 1. The summed E-state index contributed by atoms with van der Waals surface area (Å²) in [7, 11) is 0. The molecule has 1 fully saturated rings. The third-order valence-electron chi connectivity index (χ3n) is 5.41. The number of likely N-dealkylation sites (tertiary alicyclic amines) is 1. The first kappa shape index (κ1) is 20.7. The Balaban J connectivity index is 1.69. The molecule has 1 amide bonds. The van der Waals surface area contributed by atoms with Crippen LogP contribution < -0.4 is 10.1 Å². The summed E-state index contributed by atoms with van der Waals surface area (Å²) in [5.74, 6) is 0.987. The SMILES string of the molecule is CCOc1ccc(C(c2cc(C)sc2NC(=O)c2ccco2)N2CCCCC2)cc1. The van der Waals surface area contributed by atoms with E-state index in [4.69, 9.17) is 9.15 Å². The van der Waals surface area contributed by atoms with Crippen LogP contribution in [-0.2, 0) is 0 Å². The Bertz CT molecular complexity index is 957. The zero-order valence-electron chi connectivity index (χ0n) is 17.5. The second kappa shape index (κ2) is 9.49. The Morgan fingerprint density at radius 1 is 1.20 bits per heavy atom. The van der Waals surface area contributed by atoms with E-state index in [1.165, 1.54) is 36.0 Å². The van der Waals surface area contributed by atoms with Gasteiger partial charge in [0, 0.05) is 10.4 Å². The molecule has 1 atom stereocenters. The molecule has 0 saturated carbocycles. The molecule has 3 aromatic rings. The van der Waals surface area contributed by atoms with E-state index in [0.717, 1.165) is 29.4 Å². The van der Waals surface area contributed by atoms with Crippen LogP contribution in [0.2, 0.25) is 0 Å². The molecule has 158 valence electrons. The van der Waals surface area contributed by atoms with E-state index in [1.807, 2.05) is 19.1 Å². The van der Waals surface area contributed by atoms with Crippen molar-refractivity contribution in [3.05, 3.63) is 70.5 Å². The Morgan fingerprint density at radius 3 is 2.63 bits per heavy atom. The van der Waals surface area contributed by atoms with Gasteiger partial charge in [-0.2, -0.15) is 0 Å². The number of ether oxygens (including phenoxy) is 1. The van der Waals surface area contributed by atoms with Gasteiger partial charge in [0.2, 0.25) is 0 Å². The minimum atomic E-state index is -0.216. The Hall–Kier alpha value is -2.57. The molecular weight excluding hydrogens is 396 g/mol. The summed E-state index contributed by atoms with van der Waals surface area (Å²) in [6, 6.07) is 14.1. The molecule has 1 aromatic carbocycles.